The smallest absolute Gasteiger partial charge is 0.181 e. The molecule has 0 saturated carbocycles. The Morgan fingerprint density at radius 2 is 2.00 bits per heavy atom. The van der Waals surface area contributed by atoms with Crippen LogP contribution in [0.25, 0.3) is 11.5 Å². The first-order valence-corrected chi connectivity index (χ1v) is 3.25. The van der Waals surface area contributed by atoms with Crippen molar-refractivity contribution >= 4 is 0 Å². The van der Waals surface area contributed by atoms with Crippen LogP contribution in [0.3, 0.4) is 0 Å². The van der Waals surface area contributed by atoms with Gasteiger partial charge in [-0.15, -0.1) is 5.10 Å². The lowest BCUT2D eigenvalue weighted by Crippen LogP contribution is -1.88. The van der Waals surface area contributed by atoms with Crippen molar-refractivity contribution in [1.29, 1.82) is 0 Å². The normalized spacial score (nSPS) is 10.0. The van der Waals surface area contributed by atoms with Crippen LogP contribution in [0.4, 0.5) is 0 Å². The van der Waals surface area contributed by atoms with Crippen molar-refractivity contribution < 1.29 is 5.21 Å². The van der Waals surface area contributed by atoms with Gasteiger partial charge in [-0.25, -0.2) is 9.97 Å². The van der Waals surface area contributed by atoms with Crippen LogP contribution in [0.1, 0.15) is 0 Å². The molecule has 1 N–H and O–H groups in total. The third-order valence-electron chi connectivity index (χ3n) is 1.28. The van der Waals surface area contributed by atoms with E-state index in [1.165, 1.54) is 6.20 Å². The molecule has 0 aromatic carbocycles. The molecule has 0 radical (unpaired) electrons. The minimum atomic E-state index is 0.442. The monoisotopic (exact) mass is 163 g/mol. The molecular weight excluding hydrogens is 158 g/mol. The third-order valence-corrected chi connectivity index (χ3v) is 1.28. The van der Waals surface area contributed by atoms with Gasteiger partial charge in [0.15, 0.2) is 11.5 Å². The first-order chi connectivity index (χ1) is 5.86. The molecule has 12 heavy (non-hydrogen) atoms. The zero-order chi connectivity index (χ0) is 8.39. The zero-order valence-corrected chi connectivity index (χ0v) is 5.99. The SMILES string of the molecule is On1cc(-c2ncccn2)nn1. The Balaban J connectivity index is 2.45. The van der Waals surface area contributed by atoms with Gasteiger partial charge in [0.25, 0.3) is 0 Å². The fourth-order valence-corrected chi connectivity index (χ4v) is 0.789. The summed E-state index contributed by atoms with van der Waals surface area (Å²) >= 11 is 0. The Kier molecular flexibility index (Phi) is 1.44. The van der Waals surface area contributed by atoms with E-state index >= 15 is 0 Å². The van der Waals surface area contributed by atoms with Gasteiger partial charge in [-0.2, -0.15) is 0 Å². The number of hydrogen-bond acceptors (Lipinski definition) is 5. The highest BCUT2D eigenvalue weighted by molar-refractivity contribution is 5.45. The first-order valence-electron chi connectivity index (χ1n) is 3.25. The van der Waals surface area contributed by atoms with E-state index in [9.17, 15) is 0 Å². The van der Waals surface area contributed by atoms with Gasteiger partial charge in [-0.3, -0.25) is 0 Å². The lowest BCUT2D eigenvalue weighted by atomic mass is 10.4. The molecule has 6 heteroatoms. The molecule has 0 aliphatic carbocycles. The van der Waals surface area contributed by atoms with Gasteiger partial charge in [0, 0.05) is 12.4 Å². The van der Waals surface area contributed by atoms with Crippen LogP contribution >= 0.6 is 0 Å². The molecule has 2 aromatic heterocycles. The predicted octanol–water partition coefficient (Wildman–Crippen LogP) is -0.0276. The first kappa shape index (κ1) is 6.71. The summed E-state index contributed by atoms with van der Waals surface area (Å²) in [5, 5.41) is 15.8. The van der Waals surface area contributed by atoms with Gasteiger partial charge in [0.2, 0.25) is 0 Å². The van der Waals surface area contributed by atoms with E-state index in [1.54, 1.807) is 18.5 Å². The number of rotatable bonds is 1. The maximum absolute atomic E-state index is 8.80. The van der Waals surface area contributed by atoms with Crippen molar-refractivity contribution in [3.63, 3.8) is 0 Å². The summed E-state index contributed by atoms with van der Waals surface area (Å²) in [4.78, 5) is 8.47. The van der Waals surface area contributed by atoms with Crippen molar-refractivity contribution in [2.24, 2.45) is 0 Å². The zero-order valence-electron chi connectivity index (χ0n) is 5.99. The number of hydrogen-bond donors (Lipinski definition) is 1. The van der Waals surface area contributed by atoms with E-state index in [-0.39, 0.29) is 0 Å². The Morgan fingerprint density at radius 3 is 2.58 bits per heavy atom. The largest absolute Gasteiger partial charge is 0.410 e. The number of nitrogens with zero attached hydrogens (tertiary/aromatic N) is 5. The van der Waals surface area contributed by atoms with E-state index in [1.807, 2.05) is 0 Å². The average molecular weight is 163 g/mol. The summed E-state index contributed by atoms with van der Waals surface area (Å²) < 4.78 is 0. The maximum Gasteiger partial charge on any atom is 0.181 e. The Hall–Kier alpha value is -1.98. The topological polar surface area (TPSA) is 76.7 Å². The highest BCUT2D eigenvalue weighted by Gasteiger charge is 2.03. The Bertz CT molecular complexity index is 370. The van der Waals surface area contributed by atoms with Gasteiger partial charge in [-0.05, 0) is 11.3 Å². The minimum Gasteiger partial charge on any atom is -0.410 e. The highest BCUT2D eigenvalue weighted by atomic mass is 16.5. The van der Waals surface area contributed by atoms with Crippen LogP contribution in [0.2, 0.25) is 0 Å². The van der Waals surface area contributed by atoms with Gasteiger partial charge < -0.3 is 5.21 Å². The molecule has 0 fully saturated rings. The van der Waals surface area contributed by atoms with Crippen molar-refractivity contribution in [1.82, 2.24) is 25.1 Å². The molecule has 0 amide bonds. The van der Waals surface area contributed by atoms with Crippen LogP contribution in [0, 0.1) is 0 Å². The quantitative estimate of drug-likeness (QED) is 0.597. The van der Waals surface area contributed by atoms with Gasteiger partial charge in [-0.1, -0.05) is 4.85 Å². The molecule has 2 aromatic rings. The molecule has 0 spiro atoms. The molecule has 0 aliphatic rings. The minimum absolute atomic E-state index is 0.442. The average Bonchev–Trinajstić information content (AvgIpc) is 2.54. The summed E-state index contributed by atoms with van der Waals surface area (Å²) in [5.41, 5.74) is 0.443. The van der Waals surface area contributed by atoms with Crippen molar-refractivity contribution in [2.45, 2.75) is 0 Å². The fourth-order valence-electron chi connectivity index (χ4n) is 0.789. The second-order valence-corrected chi connectivity index (χ2v) is 2.10. The second kappa shape index (κ2) is 2.57. The molecular formula is C6H5N5O. The summed E-state index contributed by atoms with van der Waals surface area (Å²) in [5.74, 6) is 0.442. The van der Waals surface area contributed by atoms with E-state index < -0.39 is 0 Å². The van der Waals surface area contributed by atoms with Crippen LogP contribution in [0.5, 0.6) is 0 Å². The summed E-state index contributed by atoms with van der Waals surface area (Å²) in [7, 11) is 0. The van der Waals surface area contributed by atoms with Crippen LogP contribution in [-0.4, -0.2) is 30.3 Å². The molecule has 2 rings (SSSR count). The van der Waals surface area contributed by atoms with Gasteiger partial charge >= 0.3 is 0 Å². The lowest BCUT2D eigenvalue weighted by Gasteiger charge is -1.88. The van der Waals surface area contributed by atoms with Crippen molar-refractivity contribution in [2.75, 3.05) is 0 Å². The predicted molar refractivity (Wildman–Crippen MR) is 38.2 cm³/mol. The molecule has 0 unspecified atom stereocenters. The van der Waals surface area contributed by atoms with Crippen LogP contribution in [-0.2, 0) is 0 Å². The third kappa shape index (κ3) is 1.09. The Morgan fingerprint density at radius 1 is 1.25 bits per heavy atom. The van der Waals surface area contributed by atoms with Gasteiger partial charge in [0.05, 0.1) is 6.20 Å². The van der Waals surface area contributed by atoms with E-state index in [4.69, 9.17) is 5.21 Å². The standard InChI is InChI=1S/C6H5N5O/c12-11-4-5(9-10-11)6-7-2-1-3-8-6/h1-4,12H. The highest BCUT2D eigenvalue weighted by Crippen LogP contribution is 2.06. The molecule has 6 nitrogen and oxygen atoms in total. The van der Waals surface area contributed by atoms with Crippen LogP contribution < -0.4 is 0 Å². The molecule has 0 atom stereocenters. The number of aromatic nitrogens is 5. The Labute approximate surface area is 67.5 Å². The van der Waals surface area contributed by atoms with E-state index in [2.05, 4.69) is 20.3 Å². The molecule has 0 aliphatic heterocycles. The molecule has 60 valence electrons. The maximum atomic E-state index is 8.80. The fraction of sp³-hybridized carbons (Fsp3) is 0. The summed E-state index contributed by atoms with van der Waals surface area (Å²) in [6.07, 6.45) is 4.52. The van der Waals surface area contributed by atoms with Gasteiger partial charge in [0.1, 0.15) is 0 Å². The molecule has 0 bridgehead atoms. The van der Waals surface area contributed by atoms with Crippen molar-refractivity contribution in [3.05, 3.63) is 24.7 Å². The lowest BCUT2D eigenvalue weighted by molar-refractivity contribution is 0.143. The van der Waals surface area contributed by atoms with Crippen molar-refractivity contribution in [3.8, 4) is 11.5 Å². The molecule has 2 heterocycles. The second-order valence-electron chi connectivity index (χ2n) is 2.10. The van der Waals surface area contributed by atoms with E-state index in [0.29, 0.717) is 16.4 Å². The van der Waals surface area contributed by atoms with Crippen LogP contribution in [0.15, 0.2) is 24.7 Å². The molecule has 0 saturated heterocycles. The summed E-state index contributed by atoms with van der Waals surface area (Å²) in [6, 6.07) is 1.70. The van der Waals surface area contributed by atoms with E-state index in [0.717, 1.165) is 0 Å². The summed E-state index contributed by atoms with van der Waals surface area (Å²) in [6.45, 7) is 0.